The van der Waals surface area contributed by atoms with E-state index in [1.165, 1.54) is 64.2 Å². The second-order valence-electron chi connectivity index (χ2n) is 8.92. The van der Waals surface area contributed by atoms with Crippen molar-refractivity contribution < 1.29 is 4.74 Å². The van der Waals surface area contributed by atoms with Crippen molar-refractivity contribution in [2.75, 3.05) is 0 Å². The summed E-state index contributed by atoms with van der Waals surface area (Å²) in [4.78, 5) is 0. The first-order valence-corrected chi connectivity index (χ1v) is 15.7. The monoisotopic (exact) mass is 626 g/mol. The zero-order chi connectivity index (χ0) is 25.0. The number of hydrogen-bond donors (Lipinski definition) is 0. The summed E-state index contributed by atoms with van der Waals surface area (Å²) in [6.07, 6.45) is 21.5. The number of halogens is 8. The van der Waals surface area contributed by atoms with Gasteiger partial charge in [-0.15, -0.1) is 0 Å². The molecule has 2 atom stereocenters. The van der Waals surface area contributed by atoms with E-state index in [9.17, 15) is 0 Å². The molecule has 1 nitrogen and oxygen atoms in total. The van der Waals surface area contributed by atoms with Crippen LogP contribution >= 0.6 is 92.8 Å². The predicted octanol–water partition coefficient (Wildman–Crippen LogP) is 12.7. The average molecular weight is 630 g/mol. The Morgan fingerprint density at radius 1 is 0.394 bits per heavy atom. The molecule has 0 aromatic heterocycles. The Morgan fingerprint density at radius 3 is 0.909 bits per heavy atom. The zero-order valence-corrected chi connectivity index (χ0v) is 25.8. The molecule has 0 aliphatic carbocycles. The van der Waals surface area contributed by atoms with E-state index in [1.54, 1.807) is 0 Å². The van der Waals surface area contributed by atoms with Crippen LogP contribution in [0.1, 0.15) is 128 Å². The van der Waals surface area contributed by atoms with E-state index in [2.05, 4.69) is 0 Å². The van der Waals surface area contributed by atoms with E-state index < -0.39 is 7.59 Å². The van der Waals surface area contributed by atoms with Gasteiger partial charge >= 0.3 is 0 Å². The SMILES string of the molecule is ClC(CCCCCCCCCCC(Cl)(Cl)Cl)OC(Cl)CCCCCCCCCCC(Cl)(Cl)Cl. The maximum atomic E-state index is 6.30. The lowest BCUT2D eigenvalue weighted by Gasteiger charge is -2.16. The lowest BCUT2D eigenvalue weighted by molar-refractivity contribution is 0.0690. The summed E-state index contributed by atoms with van der Waals surface area (Å²) >= 11 is 47.1. The number of hydrogen-bond acceptors (Lipinski definition) is 1. The van der Waals surface area contributed by atoms with Gasteiger partial charge in [-0.1, -0.05) is 170 Å². The third-order valence-electron chi connectivity index (χ3n) is 5.58. The van der Waals surface area contributed by atoms with Crippen LogP contribution in [-0.4, -0.2) is 18.7 Å². The van der Waals surface area contributed by atoms with E-state index in [0.717, 1.165) is 51.4 Å². The molecule has 0 bridgehead atoms. The van der Waals surface area contributed by atoms with Crippen LogP contribution in [0.15, 0.2) is 0 Å². The largest absolute Gasteiger partial charge is 0.344 e. The number of alkyl halides is 8. The van der Waals surface area contributed by atoms with Crippen LogP contribution in [0, 0.1) is 0 Å². The molecule has 33 heavy (non-hydrogen) atoms. The van der Waals surface area contributed by atoms with E-state index in [0.29, 0.717) is 12.8 Å². The van der Waals surface area contributed by atoms with Gasteiger partial charge < -0.3 is 4.74 Å². The van der Waals surface area contributed by atoms with Crippen LogP contribution in [0.4, 0.5) is 0 Å². The van der Waals surface area contributed by atoms with Crippen molar-refractivity contribution in [1.82, 2.24) is 0 Å². The van der Waals surface area contributed by atoms with E-state index in [4.69, 9.17) is 97.5 Å². The maximum Gasteiger partial charge on any atom is 0.190 e. The Labute approximate surface area is 243 Å². The molecule has 0 aliphatic heterocycles. The summed E-state index contributed by atoms with van der Waals surface area (Å²) in [5, 5.41) is 0. The molecule has 0 saturated heterocycles. The Hall–Kier alpha value is 2.28. The van der Waals surface area contributed by atoms with Crippen molar-refractivity contribution in [3.8, 4) is 0 Å². The van der Waals surface area contributed by atoms with Crippen LogP contribution < -0.4 is 0 Å². The Kier molecular flexibility index (Phi) is 23.8. The van der Waals surface area contributed by atoms with Crippen LogP contribution in [-0.2, 0) is 4.74 Å². The van der Waals surface area contributed by atoms with Crippen molar-refractivity contribution in [2.24, 2.45) is 0 Å². The number of ether oxygens (including phenoxy) is 1. The molecule has 0 fully saturated rings. The molecule has 0 rings (SSSR count). The summed E-state index contributed by atoms with van der Waals surface area (Å²) in [5.74, 6) is 0. The lowest BCUT2D eigenvalue weighted by Crippen LogP contribution is -2.13. The van der Waals surface area contributed by atoms with Gasteiger partial charge in [0.05, 0.1) is 0 Å². The van der Waals surface area contributed by atoms with E-state index >= 15 is 0 Å². The number of rotatable bonds is 22. The van der Waals surface area contributed by atoms with Crippen molar-refractivity contribution in [3.05, 3.63) is 0 Å². The second kappa shape index (κ2) is 22.3. The lowest BCUT2D eigenvalue weighted by atomic mass is 10.1. The summed E-state index contributed by atoms with van der Waals surface area (Å²) in [6.45, 7) is 0. The van der Waals surface area contributed by atoms with Crippen LogP contribution in [0.3, 0.4) is 0 Å². The molecular weight excluding hydrogens is 588 g/mol. The Morgan fingerprint density at radius 2 is 0.636 bits per heavy atom. The second-order valence-corrected chi connectivity index (χ2v) is 14.9. The van der Waals surface area contributed by atoms with E-state index in [-0.39, 0.29) is 11.1 Å². The molecular formula is C24H42Cl8O. The highest BCUT2D eigenvalue weighted by atomic mass is 35.6. The van der Waals surface area contributed by atoms with Gasteiger partial charge in [-0.25, -0.2) is 0 Å². The zero-order valence-electron chi connectivity index (χ0n) is 19.7. The first kappa shape index (κ1) is 35.3. The van der Waals surface area contributed by atoms with Gasteiger partial charge in [-0.05, 0) is 51.4 Å². The topological polar surface area (TPSA) is 9.23 Å². The highest BCUT2D eigenvalue weighted by Crippen LogP contribution is 2.33. The molecule has 0 N–H and O–H groups in total. The molecule has 0 aliphatic rings. The molecule has 200 valence electrons. The Balaban J connectivity index is 3.37. The third-order valence-corrected chi connectivity index (χ3v) is 7.35. The summed E-state index contributed by atoms with van der Waals surface area (Å²) in [7, 11) is 0. The molecule has 0 heterocycles. The first-order valence-electron chi connectivity index (χ1n) is 12.6. The summed E-state index contributed by atoms with van der Waals surface area (Å²) in [5.41, 5.74) is -0.579. The van der Waals surface area contributed by atoms with Crippen molar-refractivity contribution in [2.45, 2.75) is 147 Å². The van der Waals surface area contributed by atoms with Crippen molar-refractivity contribution in [1.29, 1.82) is 0 Å². The number of unbranched alkanes of at least 4 members (excludes halogenated alkanes) is 14. The summed E-state index contributed by atoms with van der Waals surface area (Å²) < 4.78 is 3.52. The van der Waals surface area contributed by atoms with Gasteiger partial charge in [0.1, 0.15) is 11.1 Å². The van der Waals surface area contributed by atoms with Gasteiger partial charge in [-0.2, -0.15) is 0 Å². The minimum absolute atomic E-state index is 0.290. The highest BCUT2D eigenvalue weighted by Gasteiger charge is 2.18. The smallest absolute Gasteiger partial charge is 0.190 e. The minimum Gasteiger partial charge on any atom is -0.344 e. The van der Waals surface area contributed by atoms with Crippen LogP contribution in [0.2, 0.25) is 0 Å². The third kappa shape index (κ3) is 30.4. The van der Waals surface area contributed by atoms with E-state index in [1.807, 2.05) is 0 Å². The molecule has 0 radical (unpaired) electrons. The average Bonchev–Trinajstić information content (AvgIpc) is 2.69. The van der Waals surface area contributed by atoms with Gasteiger partial charge in [0.2, 0.25) is 0 Å². The van der Waals surface area contributed by atoms with Gasteiger partial charge in [0, 0.05) is 0 Å². The molecule has 0 spiro atoms. The maximum absolute atomic E-state index is 6.30. The van der Waals surface area contributed by atoms with Gasteiger partial charge in [0.15, 0.2) is 7.59 Å². The van der Waals surface area contributed by atoms with Crippen molar-refractivity contribution >= 4 is 92.8 Å². The first-order chi connectivity index (χ1) is 15.5. The normalized spacial score (nSPS) is 14.5. The van der Waals surface area contributed by atoms with Crippen molar-refractivity contribution in [3.63, 3.8) is 0 Å². The molecule has 0 amide bonds. The fourth-order valence-electron chi connectivity index (χ4n) is 3.68. The van der Waals surface area contributed by atoms with Gasteiger partial charge in [-0.3, -0.25) is 0 Å². The molecule has 0 aromatic rings. The standard InChI is InChI=1S/C24H42Cl8O/c25-21(17-13-9-5-1-3-7-11-15-19-23(27,28)29)33-22(26)18-14-10-6-2-4-8-12-16-20-24(30,31)32/h21-22H,1-20H2. The molecule has 2 unspecified atom stereocenters. The minimum atomic E-state index is -1.10. The molecule has 9 heteroatoms. The van der Waals surface area contributed by atoms with Gasteiger partial charge in [0.25, 0.3) is 0 Å². The molecule has 0 aromatic carbocycles. The quantitative estimate of drug-likeness (QED) is 0.0855. The van der Waals surface area contributed by atoms with Crippen LogP contribution in [0.5, 0.6) is 0 Å². The highest BCUT2D eigenvalue weighted by molar-refractivity contribution is 6.67. The fraction of sp³-hybridized carbons (Fsp3) is 1.00. The molecule has 0 saturated carbocycles. The van der Waals surface area contributed by atoms with Crippen LogP contribution in [0.25, 0.3) is 0 Å². The summed E-state index contributed by atoms with van der Waals surface area (Å²) in [6, 6.07) is 0. The Bertz CT molecular complexity index is 388. The fourth-order valence-corrected chi connectivity index (χ4v) is 5.09. The predicted molar refractivity (Wildman–Crippen MR) is 153 cm³/mol.